The molecule has 1 aromatic heterocycles. The van der Waals surface area contributed by atoms with Crippen molar-refractivity contribution in [1.82, 2.24) is 4.98 Å². The van der Waals surface area contributed by atoms with Gasteiger partial charge in [0, 0.05) is 6.20 Å². The van der Waals surface area contributed by atoms with Gasteiger partial charge in [-0.1, -0.05) is 24.3 Å². The SMILES string of the molecule is C1=CCN=C(c2ccccn2)C=C1. The summed E-state index contributed by atoms with van der Waals surface area (Å²) in [5, 5.41) is 0. The second kappa shape index (κ2) is 3.81. The van der Waals surface area contributed by atoms with E-state index in [1.54, 1.807) is 6.20 Å². The molecule has 1 aliphatic heterocycles. The molecule has 0 atom stereocenters. The number of rotatable bonds is 1. The molecular weight excluding hydrogens is 160 g/mol. The van der Waals surface area contributed by atoms with Crippen LogP contribution in [-0.4, -0.2) is 17.2 Å². The quantitative estimate of drug-likeness (QED) is 0.632. The Morgan fingerprint density at radius 1 is 1.15 bits per heavy atom. The second-order valence-corrected chi connectivity index (χ2v) is 2.73. The van der Waals surface area contributed by atoms with Crippen molar-refractivity contribution >= 4 is 5.71 Å². The zero-order valence-corrected chi connectivity index (χ0v) is 7.22. The lowest BCUT2D eigenvalue weighted by molar-refractivity contribution is 1.22. The van der Waals surface area contributed by atoms with E-state index in [0.29, 0.717) is 0 Å². The van der Waals surface area contributed by atoms with Gasteiger partial charge in [-0.25, -0.2) is 0 Å². The highest BCUT2D eigenvalue weighted by molar-refractivity contribution is 6.07. The summed E-state index contributed by atoms with van der Waals surface area (Å²) in [4.78, 5) is 8.61. The summed E-state index contributed by atoms with van der Waals surface area (Å²) in [7, 11) is 0. The van der Waals surface area contributed by atoms with Gasteiger partial charge >= 0.3 is 0 Å². The molecule has 0 aliphatic carbocycles. The van der Waals surface area contributed by atoms with Crippen LogP contribution in [0.4, 0.5) is 0 Å². The Balaban J connectivity index is 2.32. The number of pyridine rings is 1. The van der Waals surface area contributed by atoms with Crippen LogP contribution in [0.2, 0.25) is 0 Å². The van der Waals surface area contributed by atoms with E-state index in [-0.39, 0.29) is 0 Å². The lowest BCUT2D eigenvalue weighted by Gasteiger charge is -1.97. The highest BCUT2D eigenvalue weighted by atomic mass is 14.8. The van der Waals surface area contributed by atoms with Crippen molar-refractivity contribution in [1.29, 1.82) is 0 Å². The molecule has 0 N–H and O–H groups in total. The first kappa shape index (κ1) is 7.92. The zero-order valence-electron chi connectivity index (χ0n) is 7.22. The maximum Gasteiger partial charge on any atom is 0.0881 e. The number of allylic oxidation sites excluding steroid dienone is 3. The maximum absolute atomic E-state index is 4.37. The summed E-state index contributed by atoms with van der Waals surface area (Å²) >= 11 is 0. The number of aliphatic imine (C=N–C) groups is 1. The number of hydrogen-bond acceptors (Lipinski definition) is 2. The molecular formula is C11H10N2. The fourth-order valence-electron chi connectivity index (χ4n) is 1.17. The van der Waals surface area contributed by atoms with Gasteiger partial charge in [-0.2, -0.15) is 0 Å². The first-order chi connectivity index (χ1) is 6.47. The zero-order chi connectivity index (χ0) is 8.93. The molecule has 2 rings (SSSR count). The Morgan fingerprint density at radius 3 is 3.00 bits per heavy atom. The van der Waals surface area contributed by atoms with Crippen molar-refractivity contribution in [3.63, 3.8) is 0 Å². The van der Waals surface area contributed by atoms with Gasteiger partial charge in [0.2, 0.25) is 0 Å². The van der Waals surface area contributed by atoms with E-state index in [1.165, 1.54) is 0 Å². The molecule has 0 bridgehead atoms. The molecule has 1 aromatic rings. The molecule has 2 heteroatoms. The second-order valence-electron chi connectivity index (χ2n) is 2.73. The largest absolute Gasteiger partial charge is 0.279 e. The topological polar surface area (TPSA) is 25.2 Å². The molecule has 0 saturated carbocycles. The van der Waals surface area contributed by atoms with Gasteiger partial charge in [-0.3, -0.25) is 9.98 Å². The van der Waals surface area contributed by atoms with E-state index in [9.17, 15) is 0 Å². The summed E-state index contributed by atoms with van der Waals surface area (Å²) in [6.07, 6.45) is 9.77. The number of aromatic nitrogens is 1. The van der Waals surface area contributed by atoms with Gasteiger partial charge in [-0.15, -0.1) is 0 Å². The molecule has 2 nitrogen and oxygen atoms in total. The molecule has 13 heavy (non-hydrogen) atoms. The van der Waals surface area contributed by atoms with Crippen molar-refractivity contribution < 1.29 is 0 Å². The Hall–Kier alpha value is -1.70. The average Bonchev–Trinajstić information content (AvgIpc) is 2.47. The molecule has 64 valence electrons. The maximum atomic E-state index is 4.37. The Bertz CT molecular complexity index is 361. The standard InChI is InChI=1S/C11H10N2/c1-2-6-10(12-8-4-1)11-7-3-5-9-13-11/h1-7,9H,8H2. The minimum Gasteiger partial charge on any atom is -0.279 e. The van der Waals surface area contributed by atoms with E-state index in [2.05, 4.69) is 9.98 Å². The molecule has 2 heterocycles. The molecule has 0 aromatic carbocycles. The Morgan fingerprint density at radius 2 is 2.15 bits per heavy atom. The first-order valence-corrected chi connectivity index (χ1v) is 4.26. The van der Waals surface area contributed by atoms with Crippen molar-refractivity contribution in [2.75, 3.05) is 6.54 Å². The summed E-state index contributed by atoms with van der Waals surface area (Å²) in [5.74, 6) is 0. The average molecular weight is 170 g/mol. The Labute approximate surface area is 77.4 Å². The van der Waals surface area contributed by atoms with Gasteiger partial charge in [0.25, 0.3) is 0 Å². The molecule has 0 fully saturated rings. The van der Waals surface area contributed by atoms with Crippen LogP contribution in [0.25, 0.3) is 0 Å². The molecule has 0 spiro atoms. The molecule has 0 saturated heterocycles. The smallest absolute Gasteiger partial charge is 0.0881 e. The van der Waals surface area contributed by atoms with Crippen LogP contribution in [0.3, 0.4) is 0 Å². The monoisotopic (exact) mass is 170 g/mol. The van der Waals surface area contributed by atoms with Crippen molar-refractivity contribution in [2.45, 2.75) is 0 Å². The highest BCUT2D eigenvalue weighted by Gasteiger charge is 1.99. The van der Waals surface area contributed by atoms with Gasteiger partial charge in [0.1, 0.15) is 0 Å². The summed E-state index contributed by atoms with van der Waals surface area (Å²) in [5.41, 5.74) is 1.88. The minimum absolute atomic E-state index is 0.735. The van der Waals surface area contributed by atoms with Crippen LogP contribution in [0, 0.1) is 0 Å². The van der Waals surface area contributed by atoms with Crippen molar-refractivity contribution in [3.8, 4) is 0 Å². The van der Waals surface area contributed by atoms with E-state index in [4.69, 9.17) is 0 Å². The third kappa shape index (κ3) is 1.90. The van der Waals surface area contributed by atoms with Crippen molar-refractivity contribution in [2.24, 2.45) is 4.99 Å². The van der Waals surface area contributed by atoms with E-state index in [0.717, 1.165) is 18.0 Å². The van der Waals surface area contributed by atoms with Crippen LogP contribution in [0.5, 0.6) is 0 Å². The lowest BCUT2D eigenvalue weighted by atomic mass is 10.2. The van der Waals surface area contributed by atoms with Crippen LogP contribution in [-0.2, 0) is 0 Å². The molecule has 1 aliphatic rings. The summed E-state index contributed by atoms with van der Waals surface area (Å²) < 4.78 is 0. The van der Waals surface area contributed by atoms with Crippen molar-refractivity contribution in [3.05, 3.63) is 54.4 Å². The molecule has 0 amide bonds. The highest BCUT2D eigenvalue weighted by Crippen LogP contribution is 2.01. The lowest BCUT2D eigenvalue weighted by Crippen LogP contribution is -1.99. The van der Waals surface area contributed by atoms with E-state index in [1.807, 2.05) is 42.5 Å². The van der Waals surface area contributed by atoms with Crippen LogP contribution >= 0.6 is 0 Å². The first-order valence-electron chi connectivity index (χ1n) is 4.26. The van der Waals surface area contributed by atoms with E-state index < -0.39 is 0 Å². The normalized spacial score (nSPS) is 15.2. The van der Waals surface area contributed by atoms with Gasteiger partial charge in [0.15, 0.2) is 0 Å². The number of nitrogens with zero attached hydrogens (tertiary/aromatic N) is 2. The van der Waals surface area contributed by atoms with Gasteiger partial charge in [-0.05, 0) is 18.2 Å². The predicted octanol–water partition coefficient (Wildman–Crippen LogP) is 2.00. The fraction of sp³-hybridized carbons (Fsp3) is 0.0909. The van der Waals surface area contributed by atoms with E-state index >= 15 is 0 Å². The van der Waals surface area contributed by atoms with Crippen LogP contribution in [0.1, 0.15) is 5.69 Å². The van der Waals surface area contributed by atoms with Crippen LogP contribution < -0.4 is 0 Å². The summed E-state index contributed by atoms with van der Waals surface area (Å²) in [6.45, 7) is 0.735. The number of hydrogen-bond donors (Lipinski definition) is 0. The fourth-order valence-corrected chi connectivity index (χ4v) is 1.17. The predicted molar refractivity (Wildman–Crippen MR) is 53.9 cm³/mol. The molecule has 0 unspecified atom stereocenters. The minimum atomic E-state index is 0.735. The third-order valence-electron chi connectivity index (χ3n) is 1.80. The van der Waals surface area contributed by atoms with Gasteiger partial charge in [0.05, 0.1) is 18.0 Å². The van der Waals surface area contributed by atoms with Gasteiger partial charge < -0.3 is 0 Å². The Kier molecular flexibility index (Phi) is 2.32. The van der Waals surface area contributed by atoms with Crippen LogP contribution in [0.15, 0.2) is 53.7 Å². The summed E-state index contributed by atoms with van der Waals surface area (Å²) in [6, 6.07) is 5.84. The molecule has 0 radical (unpaired) electrons. The third-order valence-corrected chi connectivity index (χ3v) is 1.80.